The van der Waals surface area contributed by atoms with Gasteiger partial charge in [-0.15, -0.1) is 0 Å². The van der Waals surface area contributed by atoms with Crippen LogP contribution in [0.1, 0.15) is 30.9 Å². The average Bonchev–Trinajstić information content (AvgIpc) is 2.62. The van der Waals surface area contributed by atoms with Gasteiger partial charge >= 0.3 is 0 Å². The van der Waals surface area contributed by atoms with Crippen molar-refractivity contribution in [1.82, 2.24) is 0 Å². The van der Waals surface area contributed by atoms with Crippen LogP contribution in [0.15, 0.2) is 57.3 Å². The molecule has 0 unspecified atom stereocenters. The van der Waals surface area contributed by atoms with E-state index in [1.165, 1.54) is 5.57 Å². The van der Waals surface area contributed by atoms with Gasteiger partial charge in [0, 0.05) is 22.1 Å². The summed E-state index contributed by atoms with van der Waals surface area (Å²) < 4.78 is 29.6. The second kappa shape index (κ2) is 7.16. The maximum Gasteiger partial charge on any atom is 0.165 e. The van der Waals surface area contributed by atoms with Crippen LogP contribution in [0.5, 0.6) is 11.5 Å². The number of methoxy groups -OCH3 is 2. The molecule has 1 heterocycles. The third-order valence-corrected chi connectivity index (χ3v) is 6.89. The van der Waals surface area contributed by atoms with Crippen LogP contribution in [0.4, 0.5) is 5.69 Å². The summed E-state index contributed by atoms with van der Waals surface area (Å²) in [6.45, 7) is 6.06. The van der Waals surface area contributed by atoms with Crippen LogP contribution in [0.25, 0.3) is 0 Å². The molecule has 0 saturated heterocycles. The van der Waals surface area contributed by atoms with E-state index < -0.39 is 9.73 Å². The lowest BCUT2D eigenvalue weighted by molar-refractivity contribution is 0.352. The minimum Gasteiger partial charge on any atom is -0.493 e. The molecule has 5 heteroatoms. The topological polar surface area (TPSA) is 47.9 Å². The van der Waals surface area contributed by atoms with Crippen LogP contribution >= 0.6 is 0 Å². The highest BCUT2D eigenvalue weighted by atomic mass is 32.2. The predicted molar refractivity (Wildman–Crippen MR) is 106 cm³/mol. The van der Waals surface area contributed by atoms with Crippen LogP contribution < -0.4 is 9.47 Å². The van der Waals surface area contributed by atoms with Crippen LogP contribution in [0, 0.1) is 6.92 Å². The van der Waals surface area contributed by atoms with E-state index in [9.17, 15) is 4.21 Å². The largest absolute Gasteiger partial charge is 0.493 e. The summed E-state index contributed by atoms with van der Waals surface area (Å²) in [5, 5.41) is 0. The monoisotopic (exact) mass is 371 g/mol. The fraction of sp³-hybridized carbons (Fsp3) is 0.333. The molecule has 1 aliphatic rings. The van der Waals surface area contributed by atoms with Crippen molar-refractivity contribution in [2.45, 2.75) is 31.6 Å². The molecule has 26 heavy (non-hydrogen) atoms. The lowest BCUT2D eigenvalue weighted by Crippen LogP contribution is -2.18. The van der Waals surface area contributed by atoms with Gasteiger partial charge in [0.15, 0.2) is 11.5 Å². The molecule has 0 aliphatic carbocycles. The van der Waals surface area contributed by atoms with Crippen molar-refractivity contribution in [1.29, 1.82) is 0 Å². The molecule has 0 bridgehead atoms. The Labute approximate surface area is 156 Å². The zero-order chi connectivity index (χ0) is 18.9. The first-order chi connectivity index (χ1) is 12.4. The minimum atomic E-state index is -2.56. The van der Waals surface area contributed by atoms with Crippen LogP contribution in [0.2, 0.25) is 0 Å². The van der Waals surface area contributed by atoms with Gasteiger partial charge in [0.05, 0.1) is 29.6 Å². The second-order valence-electron chi connectivity index (χ2n) is 6.74. The third kappa shape index (κ3) is 3.23. The summed E-state index contributed by atoms with van der Waals surface area (Å²) >= 11 is 0. The first-order valence-electron chi connectivity index (χ1n) is 8.60. The number of allylic oxidation sites excluding steroid dienone is 2. The molecule has 138 valence electrons. The van der Waals surface area contributed by atoms with Crippen molar-refractivity contribution in [3.05, 3.63) is 59.2 Å². The number of benzene rings is 2. The molecule has 0 radical (unpaired) electrons. The molecule has 1 aliphatic heterocycles. The maximum absolute atomic E-state index is 13.8. The van der Waals surface area contributed by atoms with E-state index in [-0.39, 0.29) is 5.92 Å². The van der Waals surface area contributed by atoms with Crippen LogP contribution in [-0.4, -0.2) is 24.2 Å². The van der Waals surface area contributed by atoms with Crippen molar-refractivity contribution >= 4 is 15.4 Å². The molecule has 0 aromatic heterocycles. The van der Waals surface area contributed by atoms with E-state index in [0.717, 1.165) is 21.7 Å². The summed E-state index contributed by atoms with van der Waals surface area (Å²) in [5.41, 5.74) is 3.84. The van der Waals surface area contributed by atoms with Crippen molar-refractivity contribution in [2.75, 3.05) is 20.0 Å². The Balaban J connectivity index is 2.33. The summed E-state index contributed by atoms with van der Waals surface area (Å²) in [6, 6.07) is 11.5. The second-order valence-corrected chi connectivity index (χ2v) is 9.01. The van der Waals surface area contributed by atoms with Crippen molar-refractivity contribution in [3.63, 3.8) is 0 Å². The molecular weight excluding hydrogens is 346 g/mol. The number of hydrogen-bond acceptors (Lipinski definition) is 4. The summed E-state index contributed by atoms with van der Waals surface area (Å²) in [4.78, 5) is 0.770. The van der Waals surface area contributed by atoms with E-state index in [4.69, 9.17) is 13.8 Å². The first kappa shape index (κ1) is 18.5. The Kier molecular flexibility index (Phi) is 5.10. The Hall–Kier alpha value is -2.27. The molecule has 0 spiro atoms. The summed E-state index contributed by atoms with van der Waals surface area (Å²) in [6.07, 6.45) is 2.17. The summed E-state index contributed by atoms with van der Waals surface area (Å²) in [5.74, 6) is 1.80. The Morgan fingerprint density at radius 3 is 2.46 bits per heavy atom. The van der Waals surface area contributed by atoms with E-state index >= 15 is 0 Å². The highest BCUT2D eigenvalue weighted by Crippen LogP contribution is 2.47. The third-order valence-electron chi connectivity index (χ3n) is 4.59. The first-order valence-corrected chi connectivity index (χ1v) is 10.3. The number of fused-ring (bicyclic) bond motifs is 1. The average molecular weight is 372 g/mol. The highest BCUT2D eigenvalue weighted by Gasteiger charge is 2.30. The number of hydrogen-bond donors (Lipinski definition) is 0. The molecular formula is C21H25NO3S. The van der Waals surface area contributed by atoms with E-state index in [1.54, 1.807) is 14.2 Å². The van der Waals surface area contributed by atoms with Crippen LogP contribution in [0.3, 0.4) is 0 Å². The van der Waals surface area contributed by atoms with Crippen LogP contribution in [-0.2, 0) is 9.73 Å². The molecule has 0 amide bonds. The molecule has 2 atom stereocenters. The van der Waals surface area contributed by atoms with Gasteiger partial charge in [-0.1, -0.05) is 29.8 Å². The SMILES string of the molecule is COc1cc2c(c(C)c1OC)N=[S@@](=O)(c1ccccc1)C[C@H]2C=C(C)C. The lowest BCUT2D eigenvalue weighted by atomic mass is 9.94. The van der Waals surface area contributed by atoms with E-state index in [0.29, 0.717) is 17.3 Å². The van der Waals surface area contributed by atoms with E-state index in [1.807, 2.05) is 43.3 Å². The summed E-state index contributed by atoms with van der Waals surface area (Å²) in [7, 11) is 0.685. The molecule has 0 N–H and O–H groups in total. The predicted octanol–water partition coefficient (Wildman–Crippen LogP) is 5.23. The zero-order valence-corrected chi connectivity index (χ0v) is 16.7. The van der Waals surface area contributed by atoms with Gasteiger partial charge in [-0.25, -0.2) is 4.21 Å². The Morgan fingerprint density at radius 1 is 1.19 bits per heavy atom. The lowest BCUT2D eigenvalue weighted by Gasteiger charge is -2.27. The molecule has 2 aromatic rings. The van der Waals surface area contributed by atoms with Crippen molar-refractivity contribution < 1.29 is 13.7 Å². The number of rotatable bonds is 4. The molecule has 3 rings (SSSR count). The Bertz CT molecular complexity index is 966. The maximum atomic E-state index is 13.8. The Morgan fingerprint density at radius 2 is 1.88 bits per heavy atom. The van der Waals surface area contributed by atoms with Gasteiger partial charge in [-0.2, -0.15) is 4.36 Å². The van der Waals surface area contributed by atoms with Crippen molar-refractivity contribution in [2.24, 2.45) is 4.36 Å². The zero-order valence-electron chi connectivity index (χ0n) is 15.9. The standard InChI is InChI=1S/C21H25NO3S/c1-14(2)11-16-13-26(23,17-9-7-6-8-10-17)22-20-15(3)21(25-5)19(24-4)12-18(16)20/h6-12,16H,13H2,1-5H3/t16-,26+/m1/s1. The highest BCUT2D eigenvalue weighted by molar-refractivity contribution is 7.93. The van der Waals surface area contributed by atoms with E-state index in [2.05, 4.69) is 19.9 Å². The smallest absolute Gasteiger partial charge is 0.165 e. The molecule has 0 saturated carbocycles. The fourth-order valence-electron chi connectivity index (χ4n) is 3.43. The molecule has 4 nitrogen and oxygen atoms in total. The number of ether oxygens (including phenoxy) is 2. The van der Waals surface area contributed by atoms with Gasteiger partial charge in [-0.3, -0.25) is 0 Å². The normalized spacial score (nSPS) is 21.3. The molecule has 0 fully saturated rings. The van der Waals surface area contributed by atoms with Gasteiger partial charge < -0.3 is 9.47 Å². The quantitative estimate of drug-likeness (QED) is 0.691. The number of nitrogens with zero attached hydrogens (tertiary/aromatic N) is 1. The van der Waals surface area contributed by atoms with Gasteiger partial charge in [0.25, 0.3) is 0 Å². The van der Waals surface area contributed by atoms with Gasteiger partial charge in [-0.05, 0) is 44.5 Å². The van der Waals surface area contributed by atoms with Gasteiger partial charge in [0.1, 0.15) is 0 Å². The van der Waals surface area contributed by atoms with Crippen molar-refractivity contribution in [3.8, 4) is 11.5 Å². The molecule has 2 aromatic carbocycles. The fourth-order valence-corrected chi connectivity index (χ4v) is 5.69. The minimum absolute atomic E-state index is 0.0127. The van der Waals surface area contributed by atoms with Gasteiger partial charge in [0.2, 0.25) is 0 Å².